The maximum Gasteiger partial charge on any atom is 0.413 e. The van der Waals surface area contributed by atoms with E-state index in [4.69, 9.17) is 9.47 Å². The fourth-order valence-electron chi connectivity index (χ4n) is 1.55. The minimum absolute atomic E-state index is 0.212. The quantitative estimate of drug-likeness (QED) is 0.742. The van der Waals surface area contributed by atoms with E-state index in [1.165, 1.54) is 0 Å². The van der Waals surface area contributed by atoms with Crippen molar-refractivity contribution in [3.63, 3.8) is 0 Å². The number of anilines is 1. The van der Waals surface area contributed by atoms with Crippen LogP contribution >= 0.6 is 0 Å². The predicted octanol–water partition coefficient (Wildman–Crippen LogP) is 1.88. The molecule has 0 aliphatic carbocycles. The van der Waals surface area contributed by atoms with Crippen LogP contribution in [0.1, 0.15) is 33.3 Å². The van der Waals surface area contributed by atoms with Crippen molar-refractivity contribution < 1.29 is 14.3 Å². The summed E-state index contributed by atoms with van der Waals surface area (Å²) in [7, 11) is 1.66. The van der Waals surface area contributed by atoms with Gasteiger partial charge in [0.15, 0.2) is 0 Å². The first-order chi connectivity index (χ1) is 9.31. The summed E-state index contributed by atoms with van der Waals surface area (Å²) in [6.07, 6.45) is 1.16. The largest absolute Gasteiger partial charge is 0.444 e. The summed E-state index contributed by atoms with van der Waals surface area (Å²) < 4.78 is 10.2. The highest BCUT2D eigenvalue weighted by atomic mass is 16.6. The van der Waals surface area contributed by atoms with Gasteiger partial charge in [-0.25, -0.2) is 4.79 Å². The molecule has 1 unspecified atom stereocenters. The van der Waals surface area contributed by atoms with Gasteiger partial charge in [-0.1, -0.05) is 0 Å². The lowest BCUT2D eigenvalue weighted by Gasteiger charge is -2.19. The maximum atomic E-state index is 11.7. The van der Waals surface area contributed by atoms with Crippen LogP contribution in [0, 0.1) is 0 Å². The molecule has 20 heavy (non-hydrogen) atoms. The highest BCUT2D eigenvalue weighted by Gasteiger charge is 2.18. The summed E-state index contributed by atoms with van der Waals surface area (Å²) in [5.74, 6) is 0.538. The van der Waals surface area contributed by atoms with Crippen LogP contribution in [0.3, 0.4) is 0 Å². The minimum atomic E-state index is -0.532. The van der Waals surface area contributed by atoms with E-state index in [0.29, 0.717) is 19.0 Å². The van der Waals surface area contributed by atoms with Crippen LogP contribution in [0.4, 0.5) is 10.6 Å². The fraction of sp³-hybridized carbons (Fsp3) is 0.692. The van der Waals surface area contributed by atoms with Crippen molar-refractivity contribution in [1.29, 1.82) is 0 Å². The van der Waals surface area contributed by atoms with Crippen molar-refractivity contribution >= 4 is 11.9 Å². The molecule has 0 radical (unpaired) electrons. The number of nitrogens with one attached hydrogen (secondary N) is 3. The molecule has 0 aromatic carbocycles. The summed E-state index contributed by atoms with van der Waals surface area (Å²) in [6, 6.07) is 0.212. The molecule has 1 rings (SSSR count). The summed E-state index contributed by atoms with van der Waals surface area (Å²) in [6.45, 7) is 8.65. The molecule has 3 N–H and O–H groups in total. The Morgan fingerprint density at radius 1 is 1.50 bits per heavy atom. The first-order valence-electron chi connectivity index (χ1n) is 6.56. The third-order valence-corrected chi connectivity index (χ3v) is 2.40. The summed E-state index contributed by atoms with van der Waals surface area (Å²) in [5, 5.41) is 12.6. The van der Waals surface area contributed by atoms with Crippen molar-refractivity contribution in [3.05, 3.63) is 11.8 Å². The highest BCUT2D eigenvalue weighted by Crippen LogP contribution is 2.13. The third kappa shape index (κ3) is 6.03. The van der Waals surface area contributed by atoms with Gasteiger partial charge >= 0.3 is 6.09 Å². The summed E-state index contributed by atoms with van der Waals surface area (Å²) in [5.41, 5.74) is 0.328. The Balaban J connectivity index is 2.52. The molecule has 1 amide bonds. The molecule has 1 aromatic heterocycles. The SMILES string of the molecule is COCC(C)NCc1cn[nH]c1NC(=O)OC(C)(C)C. The van der Waals surface area contributed by atoms with Gasteiger partial charge in [-0.3, -0.25) is 10.4 Å². The highest BCUT2D eigenvalue weighted by molar-refractivity contribution is 5.84. The zero-order valence-electron chi connectivity index (χ0n) is 12.7. The molecule has 1 atom stereocenters. The monoisotopic (exact) mass is 284 g/mol. The topological polar surface area (TPSA) is 88.3 Å². The molecular formula is C13H24N4O3. The number of aromatic nitrogens is 2. The van der Waals surface area contributed by atoms with E-state index < -0.39 is 11.7 Å². The van der Waals surface area contributed by atoms with Crippen LogP contribution in [-0.2, 0) is 16.0 Å². The van der Waals surface area contributed by atoms with Crippen molar-refractivity contribution in [1.82, 2.24) is 15.5 Å². The summed E-state index contributed by atoms with van der Waals surface area (Å²) in [4.78, 5) is 11.7. The Labute approximate surface area is 119 Å². The molecular weight excluding hydrogens is 260 g/mol. The van der Waals surface area contributed by atoms with Gasteiger partial charge in [0.1, 0.15) is 11.4 Å². The molecule has 7 nitrogen and oxygen atoms in total. The van der Waals surface area contributed by atoms with Gasteiger partial charge < -0.3 is 14.8 Å². The zero-order valence-corrected chi connectivity index (χ0v) is 12.7. The van der Waals surface area contributed by atoms with Crippen LogP contribution < -0.4 is 10.6 Å². The average molecular weight is 284 g/mol. The van der Waals surface area contributed by atoms with E-state index in [0.717, 1.165) is 5.56 Å². The van der Waals surface area contributed by atoms with E-state index >= 15 is 0 Å². The molecule has 0 aliphatic rings. The summed E-state index contributed by atoms with van der Waals surface area (Å²) >= 11 is 0. The van der Waals surface area contributed by atoms with E-state index in [1.807, 2.05) is 27.7 Å². The standard InChI is InChI=1S/C13H24N4O3/c1-9(8-19-5)14-6-10-7-15-17-11(10)16-12(18)20-13(2,3)4/h7,9,14H,6,8H2,1-5H3,(H2,15,16,17,18). The number of aromatic amines is 1. The number of hydrogen-bond acceptors (Lipinski definition) is 5. The van der Waals surface area contributed by atoms with Gasteiger partial charge in [0, 0.05) is 25.3 Å². The Morgan fingerprint density at radius 3 is 2.80 bits per heavy atom. The number of H-pyrrole nitrogens is 1. The molecule has 1 heterocycles. The zero-order chi connectivity index (χ0) is 15.2. The van der Waals surface area contributed by atoms with Crippen LogP contribution in [0.2, 0.25) is 0 Å². The van der Waals surface area contributed by atoms with E-state index in [2.05, 4.69) is 20.8 Å². The van der Waals surface area contributed by atoms with Crippen LogP contribution in [0.5, 0.6) is 0 Å². The first kappa shape index (κ1) is 16.5. The molecule has 1 aromatic rings. The first-order valence-corrected chi connectivity index (χ1v) is 6.56. The second-order valence-electron chi connectivity index (χ2n) is 5.63. The number of nitrogens with zero attached hydrogens (tertiary/aromatic N) is 1. The van der Waals surface area contributed by atoms with Crippen LogP contribution in [0.25, 0.3) is 0 Å². The number of rotatable bonds is 6. The molecule has 0 saturated heterocycles. The fourth-order valence-corrected chi connectivity index (χ4v) is 1.55. The second-order valence-corrected chi connectivity index (χ2v) is 5.63. The Bertz CT molecular complexity index is 425. The maximum absolute atomic E-state index is 11.7. The van der Waals surface area contributed by atoms with E-state index in [9.17, 15) is 4.79 Å². The van der Waals surface area contributed by atoms with Crippen LogP contribution in [-0.4, -0.2) is 41.7 Å². The lowest BCUT2D eigenvalue weighted by molar-refractivity contribution is 0.0635. The number of methoxy groups -OCH3 is 1. The second kappa shape index (κ2) is 7.25. The van der Waals surface area contributed by atoms with Gasteiger partial charge in [0.2, 0.25) is 0 Å². The lowest BCUT2D eigenvalue weighted by Crippen LogP contribution is -2.30. The number of ether oxygens (including phenoxy) is 2. The van der Waals surface area contributed by atoms with Gasteiger partial charge in [-0.05, 0) is 27.7 Å². The van der Waals surface area contributed by atoms with Gasteiger partial charge in [-0.2, -0.15) is 5.10 Å². The minimum Gasteiger partial charge on any atom is -0.444 e. The molecule has 0 fully saturated rings. The van der Waals surface area contributed by atoms with Gasteiger partial charge in [-0.15, -0.1) is 0 Å². The van der Waals surface area contributed by atoms with E-state index in [1.54, 1.807) is 13.3 Å². The van der Waals surface area contributed by atoms with Crippen LogP contribution in [0.15, 0.2) is 6.20 Å². The van der Waals surface area contributed by atoms with Crippen molar-refractivity contribution in [3.8, 4) is 0 Å². The number of carbonyl (C=O) groups is 1. The Hall–Kier alpha value is -1.60. The molecule has 0 bridgehead atoms. The van der Waals surface area contributed by atoms with Crippen molar-refractivity contribution in [2.75, 3.05) is 19.0 Å². The Morgan fingerprint density at radius 2 is 2.20 bits per heavy atom. The number of amides is 1. The van der Waals surface area contributed by atoms with Crippen molar-refractivity contribution in [2.24, 2.45) is 0 Å². The lowest BCUT2D eigenvalue weighted by atomic mass is 10.2. The number of carbonyl (C=O) groups excluding carboxylic acids is 1. The normalized spacial score (nSPS) is 13.1. The van der Waals surface area contributed by atoms with Gasteiger partial charge in [0.05, 0.1) is 12.8 Å². The smallest absolute Gasteiger partial charge is 0.413 e. The molecule has 0 aliphatic heterocycles. The van der Waals surface area contributed by atoms with E-state index in [-0.39, 0.29) is 6.04 Å². The molecule has 0 spiro atoms. The molecule has 7 heteroatoms. The van der Waals surface area contributed by atoms with Gasteiger partial charge in [0.25, 0.3) is 0 Å². The Kier molecular flexibility index (Phi) is 5.97. The van der Waals surface area contributed by atoms with Crippen molar-refractivity contribution in [2.45, 2.75) is 45.9 Å². The average Bonchev–Trinajstić information content (AvgIpc) is 2.71. The molecule has 0 saturated carbocycles. The third-order valence-electron chi connectivity index (χ3n) is 2.40. The predicted molar refractivity (Wildman–Crippen MR) is 76.6 cm³/mol. The molecule has 114 valence electrons. The number of hydrogen-bond donors (Lipinski definition) is 3.